The molecule has 0 atom stereocenters. The summed E-state index contributed by atoms with van der Waals surface area (Å²) in [6.07, 6.45) is 7.78. The lowest BCUT2D eigenvalue weighted by atomic mass is 9.86. The highest BCUT2D eigenvalue weighted by atomic mass is 35.5. The SMILES string of the molecule is CN(c1ncnc2[nH]ccc12)C1CCC(CS(=O)(=O)NCCc2cccc(Cl)c2)CC1. The number of benzene rings is 1. The Balaban J connectivity index is 1.27. The van der Waals surface area contributed by atoms with Gasteiger partial charge in [0.05, 0.1) is 11.1 Å². The molecule has 31 heavy (non-hydrogen) atoms. The number of H-pyrrole nitrogens is 1. The zero-order valence-electron chi connectivity index (χ0n) is 17.6. The van der Waals surface area contributed by atoms with Gasteiger partial charge in [-0.2, -0.15) is 0 Å². The molecule has 1 aliphatic rings. The molecule has 9 heteroatoms. The third-order valence-corrected chi connectivity index (χ3v) is 7.90. The second-order valence-electron chi connectivity index (χ2n) is 8.28. The van der Waals surface area contributed by atoms with E-state index in [1.165, 1.54) is 0 Å². The summed E-state index contributed by atoms with van der Waals surface area (Å²) in [5.41, 5.74) is 1.86. The van der Waals surface area contributed by atoms with Crippen LogP contribution in [0.3, 0.4) is 0 Å². The first-order valence-electron chi connectivity index (χ1n) is 10.6. The highest BCUT2D eigenvalue weighted by Crippen LogP contribution is 2.31. The summed E-state index contributed by atoms with van der Waals surface area (Å²) in [6, 6.07) is 9.86. The molecule has 0 unspecified atom stereocenters. The maximum Gasteiger partial charge on any atom is 0.211 e. The van der Waals surface area contributed by atoms with Crippen LogP contribution in [0.4, 0.5) is 5.82 Å². The summed E-state index contributed by atoms with van der Waals surface area (Å²) in [4.78, 5) is 14.1. The summed E-state index contributed by atoms with van der Waals surface area (Å²) in [7, 11) is -1.23. The summed E-state index contributed by atoms with van der Waals surface area (Å²) in [5, 5.41) is 1.68. The highest BCUT2D eigenvalue weighted by Gasteiger charge is 2.28. The minimum atomic E-state index is -3.29. The second-order valence-corrected chi connectivity index (χ2v) is 10.6. The van der Waals surface area contributed by atoms with E-state index < -0.39 is 10.0 Å². The van der Waals surface area contributed by atoms with Crippen LogP contribution in [0.1, 0.15) is 31.2 Å². The predicted octanol–water partition coefficient (Wildman–Crippen LogP) is 3.77. The number of nitrogens with zero attached hydrogens (tertiary/aromatic N) is 3. The zero-order chi connectivity index (χ0) is 21.8. The fourth-order valence-corrected chi connectivity index (χ4v) is 6.12. The third kappa shape index (κ3) is 5.56. The first-order chi connectivity index (χ1) is 14.9. The van der Waals surface area contributed by atoms with E-state index in [1.807, 2.05) is 36.5 Å². The van der Waals surface area contributed by atoms with E-state index in [-0.39, 0.29) is 11.7 Å². The molecular formula is C22H28ClN5O2S. The summed E-state index contributed by atoms with van der Waals surface area (Å²) < 4.78 is 27.8. The Morgan fingerprint density at radius 2 is 2.00 bits per heavy atom. The van der Waals surface area contributed by atoms with Crippen LogP contribution in [0, 0.1) is 5.92 Å². The van der Waals surface area contributed by atoms with Gasteiger partial charge in [-0.15, -0.1) is 0 Å². The van der Waals surface area contributed by atoms with Gasteiger partial charge in [0.1, 0.15) is 17.8 Å². The third-order valence-electron chi connectivity index (χ3n) is 6.11. The predicted molar refractivity (Wildman–Crippen MR) is 125 cm³/mol. The van der Waals surface area contributed by atoms with Crippen LogP contribution in [0.25, 0.3) is 11.0 Å². The Labute approximate surface area is 188 Å². The normalized spacial score (nSPS) is 19.5. The molecule has 0 saturated heterocycles. The van der Waals surface area contributed by atoms with Crippen molar-refractivity contribution in [3.05, 3.63) is 53.4 Å². The molecule has 1 fully saturated rings. The molecule has 2 heterocycles. The number of hydrogen-bond donors (Lipinski definition) is 2. The van der Waals surface area contributed by atoms with E-state index in [0.29, 0.717) is 24.0 Å². The van der Waals surface area contributed by atoms with E-state index in [1.54, 1.807) is 6.33 Å². The number of rotatable bonds is 8. The number of aromatic amines is 1. The molecule has 166 valence electrons. The molecular weight excluding hydrogens is 434 g/mol. The lowest BCUT2D eigenvalue weighted by Crippen LogP contribution is -2.38. The average molecular weight is 462 g/mol. The number of nitrogens with one attached hydrogen (secondary N) is 2. The molecule has 1 aliphatic carbocycles. The van der Waals surface area contributed by atoms with E-state index in [9.17, 15) is 8.42 Å². The molecule has 2 N–H and O–H groups in total. The van der Waals surface area contributed by atoms with Crippen molar-refractivity contribution in [2.24, 2.45) is 5.92 Å². The molecule has 7 nitrogen and oxygen atoms in total. The van der Waals surface area contributed by atoms with Crippen LogP contribution in [0.15, 0.2) is 42.9 Å². The van der Waals surface area contributed by atoms with Crippen molar-refractivity contribution in [2.75, 3.05) is 24.2 Å². The maximum absolute atomic E-state index is 12.5. The Morgan fingerprint density at radius 3 is 2.77 bits per heavy atom. The van der Waals surface area contributed by atoms with E-state index in [2.05, 4.69) is 31.6 Å². The number of aromatic nitrogens is 3. The molecule has 2 aromatic heterocycles. The van der Waals surface area contributed by atoms with Crippen LogP contribution >= 0.6 is 11.6 Å². The van der Waals surface area contributed by atoms with E-state index in [0.717, 1.165) is 48.1 Å². The Kier molecular flexibility index (Phi) is 6.79. The summed E-state index contributed by atoms with van der Waals surface area (Å²) in [6.45, 7) is 0.390. The van der Waals surface area contributed by atoms with Gasteiger partial charge in [0, 0.05) is 30.9 Å². The summed E-state index contributed by atoms with van der Waals surface area (Å²) >= 11 is 5.99. The second kappa shape index (κ2) is 9.54. The van der Waals surface area contributed by atoms with Crippen LogP contribution in [-0.2, 0) is 16.4 Å². The topological polar surface area (TPSA) is 91.0 Å². The van der Waals surface area contributed by atoms with Crippen molar-refractivity contribution in [1.29, 1.82) is 0 Å². The number of fused-ring (bicyclic) bond motifs is 1. The maximum atomic E-state index is 12.5. The lowest BCUT2D eigenvalue weighted by molar-refractivity contribution is 0.340. The minimum Gasteiger partial charge on any atom is -0.356 e. The van der Waals surface area contributed by atoms with Crippen molar-refractivity contribution < 1.29 is 8.42 Å². The molecule has 0 radical (unpaired) electrons. The minimum absolute atomic E-state index is 0.186. The van der Waals surface area contributed by atoms with E-state index >= 15 is 0 Å². The quantitative estimate of drug-likeness (QED) is 0.532. The van der Waals surface area contributed by atoms with Gasteiger partial charge in [-0.05, 0) is 61.8 Å². The molecule has 1 saturated carbocycles. The van der Waals surface area contributed by atoms with Crippen molar-refractivity contribution in [3.63, 3.8) is 0 Å². The molecule has 1 aromatic carbocycles. The Bertz CT molecular complexity index is 1130. The molecule has 0 spiro atoms. The van der Waals surface area contributed by atoms with E-state index in [4.69, 9.17) is 11.6 Å². The van der Waals surface area contributed by atoms with Gasteiger partial charge in [0.15, 0.2) is 0 Å². The number of halogens is 1. The Morgan fingerprint density at radius 1 is 1.19 bits per heavy atom. The Hall–Kier alpha value is -2.16. The molecule has 4 rings (SSSR count). The van der Waals surface area contributed by atoms with Crippen LogP contribution in [0.2, 0.25) is 5.02 Å². The van der Waals surface area contributed by atoms with Gasteiger partial charge in [-0.1, -0.05) is 23.7 Å². The van der Waals surface area contributed by atoms with Crippen LogP contribution in [0.5, 0.6) is 0 Å². The first kappa shape index (κ1) is 22.0. The standard InChI is InChI=1S/C22H28ClN5O2S/c1-28(22-20-10-11-24-21(20)25-15-26-22)19-7-5-17(6-8-19)14-31(29,30)27-12-9-16-3-2-4-18(23)13-16/h2-4,10-11,13,15,17,19,27H,5-9,12,14H2,1H3,(H,24,25,26). The first-order valence-corrected chi connectivity index (χ1v) is 12.7. The van der Waals surface area contributed by atoms with Gasteiger partial charge >= 0.3 is 0 Å². The molecule has 0 bridgehead atoms. The molecule has 0 aliphatic heterocycles. The zero-order valence-corrected chi connectivity index (χ0v) is 19.2. The van der Waals surface area contributed by atoms with Crippen molar-refractivity contribution in [3.8, 4) is 0 Å². The fourth-order valence-electron chi connectivity index (χ4n) is 4.42. The monoisotopic (exact) mass is 461 g/mol. The van der Waals surface area contributed by atoms with Gasteiger partial charge < -0.3 is 9.88 Å². The number of anilines is 1. The van der Waals surface area contributed by atoms with Crippen molar-refractivity contribution >= 4 is 38.5 Å². The van der Waals surface area contributed by atoms with Crippen molar-refractivity contribution in [2.45, 2.75) is 38.1 Å². The van der Waals surface area contributed by atoms with Gasteiger partial charge in [-0.25, -0.2) is 23.1 Å². The fraction of sp³-hybridized carbons (Fsp3) is 0.455. The van der Waals surface area contributed by atoms with Crippen LogP contribution < -0.4 is 9.62 Å². The molecule has 0 amide bonds. The largest absolute Gasteiger partial charge is 0.356 e. The molecule has 3 aromatic rings. The van der Waals surface area contributed by atoms with Gasteiger partial charge in [0.2, 0.25) is 10.0 Å². The average Bonchev–Trinajstić information content (AvgIpc) is 3.22. The smallest absolute Gasteiger partial charge is 0.211 e. The number of hydrogen-bond acceptors (Lipinski definition) is 5. The van der Waals surface area contributed by atoms with Crippen LogP contribution in [-0.4, -0.2) is 48.8 Å². The lowest BCUT2D eigenvalue weighted by Gasteiger charge is -2.35. The highest BCUT2D eigenvalue weighted by molar-refractivity contribution is 7.89. The summed E-state index contributed by atoms with van der Waals surface area (Å²) in [5.74, 6) is 1.30. The number of sulfonamides is 1. The van der Waals surface area contributed by atoms with Crippen molar-refractivity contribution in [1.82, 2.24) is 19.7 Å². The van der Waals surface area contributed by atoms with Gasteiger partial charge in [-0.3, -0.25) is 0 Å². The van der Waals surface area contributed by atoms with Gasteiger partial charge in [0.25, 0.3) is 0 Å².